The van der Waals surface area contributed by atoms with E-state index in [4.69, 9.17) is 9.84 Å². The van der Waals surface area contributed by atoms with Crippen LogP contribution in [0, 0.1) is 5.92 Å². The molecule has 0 radical (unpaired) electrons. The summed E-state index contributed by atoms with van der Waals surface area (Å²) in [5.74, 6) is -0.114. The third-order valence-corrected chi connectivity index (χ3v) is 2.68. The molecule has 1 fully saturated rings. The molecule has 1 aromatic rings. The summed E-state index contributed by atoms with van der Waals surface area (Å²) >= 11 is 0. The Balaban J connectivity index is 1.89. The van der Waals surface area contributed by atoms with E-state index >= 15 is 0 Å². The van der Waals surface area contributed by atoms with Crippen molar-refractivity contribution in [3.63, 3.8) is 0 Å². The molecule has 6 nitrogen and oxygen atoms in total. The summed E-state index contributed by atoms with van der Waals surface area (Å²) < 4.78 is 5.36. The van der Waals surface area contributed by atoms with Crippen LogP contribution in [0.25, 0.3) is 0 Å². The zero-order valence-electron chi connectivity index (χ0n) is 9.43. The number of nitrogens with one attached hydrogen (secondary N) is 1. The first-order valence-corrected chi connectivity index (χ1v) is 5.62. The monoisotopic (exact) mass is 237 g/mol. The van der Waals surface area contributed by atoms with Gasteiger partial charge in [0.2, 0.25) is 0 Å². The van der Waals surface area contributed by atoms with Crippen LogP contribution in [-0.2, 0) is 4.74 Å². The zero-order valence-corrected chi connectivity index (χ0v) is 9.43. The number of rotatable bonds is 4. The Labute approximate surface area is 99.0 Å². The van der Waals surface area contributed by atoms with Gasteiger partial charge in [-0.15, -0.1) is 0 Å². The average Bonchev–Trinajstić information content (AvgIpc) is 2.38. The van der Waals surface area contributed by atoms with Crippen LogP contribution in [0.1, 0.15) is 23.3 Å². The number of aromatic nitrogens is 2. The van der Waals surface area contributed by atoms with E-state index in [0.717, 1.165) is 32.6 Å². The van der Waals surface area contributed by atoms with Crippen LogP contribution in [0.4, 0.5) is 5.82 Å². The van der Waals surface area contributed by atoms with Crippen molar-refractivity contribution in [3.8, 4) is 0 Å². The highest BCUT2D eigenvalue weighted by Crippen LogP contribution is 2.14. The molecule has 2 N–H and O–H groups in total. The Morgan fingerprint density at radius 1 is 1.59 bits per heavy atom. The van der Waals surface area contributed by atoms with Crippen LogP contribution in [0.3, 0.4) is 0 Å². The van der Waals surface area contributed by atoms with E-state index in [1.54, 1.807) is 0 Å². The quantitative estimate of drug-likeness (QED) is 0.813. The predicted molar refractivity (Wildman–Crippen MR) is 61.0 cm³/mol. The number of anilines is 1. The van der Waals surface area contributed by atoms with Crippen molar-refractivity contribution in [3.05, 3.63) is 18.1 Å². The van der Waals surface area contributed by atoms with Gasteiger partial charge in [0.25, 0.3) is 0 Å². The molecule has 0 aliphatic carbocycles. The molecule has 1 saturated heterocycles. The molecular weight excluding hydrogens is 222 g/mol. The van der Waals surface area contributed by atoms with Crippen LogP contribution in [-0.4, -0.2) is 40.8 Å². The zero-order chi connectivity index (χ0) is 12.1. The van der Waals surface area contributed by atoms with Gasteiger partial charge in [-0.05, 0) is 18.8 Å². The van der Waals surface area contributed by atoms with Gasteiger partial charge < -0.3 is 15.2 Å². The van der Waals surface area contributed by atoms with Crippen molar-refractivity contribution >= 4 is 11.8 Å². The Morgan fingerprint density at radius 3 is 3.18 bits per heavy atom. The van der Waals surface area contributed by atoms with Crippen molar-refractivity contribution < 1.29 is 14.6 Å². The van der Waals surface area contributed by atoms with Crippen molar-refractivity contribution in [2.24, 2.45) is 5.92 Å². The first-order chi connectivity index (χ1) is 8.25. The summed E-state index contributed by atoms with van der Waals surface area (Å²) in [6.45, 7) is 2.32. The first-order valence-electron chi connectivity index (χ1n) is 5.62. The van der Waals surface area contributed by atoms with E-state index in [-0.39, 0.29) is 5.69 Å². The molecule has 0 saturated carbocycles. The van der Waals surface area contributed by atoms with Gasteiger partial charge in [-0.1, -0.05) is 0 Å². The molecule has 6 heteroatoms. The SMILES string of the molecule is O=C(O)c1cncc(NCC2CCCOC2)n1. The van der Waals surface area contributed by atoms with E-state index in [1.807, 2.05) is 0 Å². The standard InChI is InChI=1S/C11H15N3O3/c15-11(16)9-5-12-6-10(14-9)13-4-8-2-1-3-17-7-8/h5-6,8H,1-4,7H2,(H,13,14)(H,15,16). The molecule has 1 atom stereocenters. The van der Waals surface area contributed by atoms with Crippen LogP contribution in [0.5, 0.6) is 0 Å². The highest BCUT2D eigenvalue weighted by molar-refractivity contribution is 5.85. The first kappa shape index (κ1) is 11.8. The summed E-state index contributed by atoms with van der Waals surface area (Å²) in [5, 5.41) is 11.9. The molecule has 17 heavy (non-hydrogen) atoms. The molecule has 92 valence electrons. The lowest BCUT2D eigenvalue weighted by Crippen LogP contribution is -2.24. The second-order valence-corrected chi connectivity index (χ2v) is 4.06. The Bertz CT molecular complexity index is 391. The van der Waals surface area contributed by atoms with Crippen molar-refractivity contribution in [1.82, 2.24) is 9.97 Å². The van der Waals surface area contributed by atoms with Crippen LogP contribution >= 0.6 is 0 Å². The molecule has 1 aromatic heterocycles. The van der Waals surface area contributed by atoms with Crippen molar-refractivity contribution in [2.75, 3.05) is 25.1 Å². The van der Waals surface area contributed by atoms with Gasteiger partial charge in [-0.2, -0.15) is 0 Å². The van der Waals surface area contributed by atoms with Crippen molar-refractivity contribution in [1.29, 1.82) is 0 Å². The van der Waals surface area contributed by atoms with Gasteiger partial charge >= 0.3 is 5.97 Å². The molecule has 0 bridgehead atoms. The van der Waals surface area contributed by atoms with E-state index < -0.39 is 5.97 Å². The van der Waals surface area contributed by atoms with Gasteiger partial charge in [-0.25, -0.2) is 9.78 Å². The Morgan fingerprint density at radius 2 is 2.47 bits per heavy atom. The number of carboxylic acids is 1. The largest absolute Gasteiger partial charge is 0.476 e. The Hall–Kier alpha value is -1.69. The number of aromatic carboxylic acids is 1. The highest BCUT2D eigenvalue weighted by atomic mass is 16.5. The fraction of sp³-hybridized carbons (Fsp3) is 0.545. The highest BCUT2D eigenvalue weighted by Gasteiger charge is 2.14. The molecule has 2 heterocycles. The summed E-state index contributed by atoms with van der Waals surface area (Å²) in [6, 6.07) is 0. The number of hydrogen-bond acceptors (Lipinski definition) is 5. The Kier molecular flexibility index (Phi) is 3.87. The van der Waals surface area contributed by atoms with Crippen molar-refractivity contribution in [2.45, 2.75) is 12.8 Å². The fourth-order valence-electron chi connectivity index (χ4n) is 1.77. The number of carbonyl (C=O) groups is 1. The maximum atomic E-state index is 10.7. The smallest absolute Gasteiger partial charge is 0.356 e. The molecule has 1 aliphatic heterocycles. The normalized spacial score (nSPS) is 19.9. The minimum atomic E-state index is -1.07. The lowest BCUT2D eigenvalue weighted by atomic mass is 10.0. The number of carboxylic acid groups (broad SMARTS) is 1. The summed E-state index contributed by atoms with van der Waals surface area (Å²) in [6.07, 6.45) is 4.96. The maximum Gasteiger partial charge on any atom is 0.356 e. The molecule has 1 unspecified atom stereocenters. The van der Waals surface area contributed by atoms with E-state index in [1.165, 1.54) is 12.4 Å². The van der Waals surface area contributed by atoms with Crippen LogP contribution in [0.15, 0.2) is 12.4 Å². The van der Waals surface area contributed by atoms with Gasteiger partial charge in [0.05, 0.1) is 19.0 Å². The second-order valence-electron chi connectivity index (χ2n) is 4.06. The summed E-state index contributed by atoms with van der Waals surface area (Å²) in [4.78, 5) is 18.5. The third-order valence-electron chi connectivity index (χ3n) is 2.68. The van der Waals surface area contributed by atoms with Gasteiger partial charge in [0.15, 0.2) is 5.69 Å². The van der Waals surface area contributed by atoms with Gasteiger partial charge in [-0.3, -0.25) is 4.98 Å². The number of hydrogen-bond donors (Lipinski definition) is 2. The molecule has 0 spiro atoms. The van der Waals surface area contributed by atoms with Crippen LogP contribution < -0.4 is 5.32 Å². The lowest BCUT2D eigenvalue weighted by Gasteiger charge is -2.22. The van der Waals surface area contributed by atoms with Gasteiger partial charge in [0.1, 0.15) is 5.82 Å². The minimum absolute atomic E-state index is 0.0464. The van der Waals surface area contributed by atoms with Gasteiger partial charge in [0, 0.05) is 13.2 Å². The summed E-state index contributed by atoms with van der Waals surface area (Å²) in [5.41, 5.74) is -0.0464. The number of nitrogens with zero attached hydrogens (tertiary/aromatic N) is 2. The van der Waals surface area contributed by atoms with E-state index in [0.29, 0.717) is 11.7 Å². The lowest BCUT2D eigenvalue weighted by molar-refractivity contribution is 0.0594. The second kappa shape index (κ2) is 5.58. The summed E-state index contributed by atoms with van der Waals surface area (Å²) in [7, 11) is 0. The van der Waals surface area contributed by atoms with E-state index in [9.17, 15) is 4.79 Å². The minimum Gasteiger partial charge on any atom is -0.476 e. The van der Waals surface area contributed by atoms with Crippen LogP contribution in [0.2, 0.25) is 0 Å². The molecular formula is C11H15N3O3. The molecule has 0 amide bonds. The average molecular weight is 237 g/mol. The third kappa shape index (κ3) is 3.39. The molecule has 1 aliphatic rings. The molecule has 2 rings (SSSR count). The maximum absolute atomic E-state index is 10.7. The fourth-order valence-corrected chi connectivity index (χ4v) is 1.77. The molecule has 0 aromatic carbocycles. The topological polar surface area (TPSA) is 84.3 Å². The predicted octanol–water partition coefficient (Wildman–Crippen LogP) is 1.01. The van der Waals surface area contributed by atoms with E-state index in [2.05, 4.69) is 15.3 Å². The number of ether oxygens (including phenoxy) is 1.